The monoisotopic (exact) mass is 331 g/mol. The van der Waals surface area contributed by atoms with Crippen LogP contribution in [0.15, 0.2) is 78.0 Å². The van der Waals surface area contributed by atoms with Crippen LogP contribution in [-0.2, 0) is 4.79 Å². The first kappa shape index (κ1) is 15.1. The van der Waals surface area contributed by atoms with Gasteiger partial charge in [-0.25, -0.2) is 0 Å². The summed E-state index contributed by atoms with van der Waals surface area (Å²) in [6.45, 7) is 0. The van der Waals surface area contributed by atoms with E-state index in [0.717, 1.165) is 11.3 Å². The van der Waals surface area contributed by atoms with Crippen molar-refractivity contribution >= 4 is 23.1 Å². The van der Waals surface area contributed by atoms with Gasteiger partial charge in [-0.05, 0) is 17.7 Å². The third-order valence-electron chi connectivity index (χ3n) is 4.13. The van der Waals surface area contributed by atoms with E-state index in [1.807, 2.05) is 53.5 Å². The summed E-state index contributed by atoms with van der Waals surface area (Å²) >= 11 is 0. The van der Waals surface area contributed by atoms with Gasteiger partial charge in [-0.1, -0.05) is 48.5 Å². The van der Waals surface area contributed by atoms with E-state index in [-0.39, 0.29) is 11.9 Å². The van der Waals surface area contributed by atoms with Crippen LogP contribution >= 0.6 is 0 Å². The van der Waals surface area contributed by atoms with Crippen LogP contribution in [0.5, 0.6) is 0 Å². The number of H-pyrrole nitrogens is 1. The van der Waals surface area contributed by atoms with Gasteiger partial charge in [0.1, 0.15) is 11.5 Å². The fraction of sp³-hybridized carbons (Fsp3) is 0.105. The number of carbonyl (C=O) groups excluding carboxylic acids is 1. The summed E-state index contributed by atoms with van der Waals surface area (Å²) in [5.74, 6) is 0.339. The van der Waals surface area contributed by atoms with Crippen LogP contribution < -0.4 is 10.3 Å². The molecule has 1 aliphatic rings. The molecule has 1 aromatic heterocycles. The van der Waals surface area contributed by atoms with Crippen LogP contribution in [0.3, 0.4) is 0 Å². The number of nitrogens with one attached hydrogen (secondary N) is 2. The molecule has 4 rings (SSSR count). The van der Waals surface area contributed by atoms with Gasteiger partial charge in [0.05, 0.1) is 17.9 Å². The normalized spacial score (nSPS) is 16.6. The quantitative estimate of drug-likeness (QED) is 0.770. The highest BCUT2D eigenvalue weighted by molar-refractivity contribution is 6.43. The van der Waals surface area contributed by atoms with Crippen LogP contribution in [0, 0.1) is 0 Å². The summed E-state index contributed by atoms with van der Waals surface area (Å²) in [5, 5.41) is 15.9. The maximum Gasteiger partial charge on any atom is 0.273 e. The molecule has 1 aliphatic heterocycles. The molecular formula is C19H17N5O. The van der Waals surface area contributed by atoms with E-state index in [1.54, 1.807) is 12.3 Å². The number of hydrazone groups is 1. The highest BCUT2D eigenvalue weighted by atomic mass is 16.2. The second kappa shape index (κ2) is 6.60. The Kier molecular flexibility index (Phi) is 4.00. The third kappa shape index (κ3) is 3.14. The molecule has 0 unspecified atom stereocenters. The van der Waals surface area contributed by atoms with Crippen molar-refractivity contribution in [2.45, 2.75) is 12.5 Å². The number of nitrogens with zero attached hydrogens (tertiary/aromatic N) is 3. The number of carbonyl (C=O) groups is 1. The average Bonchev–Trinajstić information content (AvgIpc) is 3.33. The molecule has 124 valence electrons. The van der Waals surface area contributed by atoms with E-state index in [4.69, 9.17) is 0 Å². The fourth-order valence-corrected chi connectivity index (χ4v) is 2.92. The number of anilines is 2. The van der Waals surface area contributed by atoms with Crippen molar-refractivity contribution in [3.63, 3.8) is 0 Å². The number of benzene rings is 2. The highest BCUT2D eigenvalue weighted by Crippen LogP contribution is 2.35. The molecule has 25 heavy (non-hydrogen) atoms. The minimum atomic E-state index is -0.219. The largest absolute Gasteiger partial charge is 0.306 e. The second-order valence-electron chi connectivity index (χ2n) is 5.78. The van der Waals surface area contributed by atoms with Crippen molar-refractivity contribution in [3.05, 3.63) is 78.5 Å². The van der Waals surface area contributed by atoms with Crippen molar-refractivity contribution in [1.29, 1.82) is 0 Å². The maximum absolute atomic E-state index is 12.6. The Balaban J connectivity index is 1.64. The molecule has 0 fully saturated rings. The van der Waals surface area contributed by atoms with Crippen molar-refractivity contribution in [2.24, 2.45) is 5.10 Å². The van der Waals surface area contributed by atoms with Crippen LogP contribution in [0.25, 0.3) is 0 Å². The Morgan fingerprint density at radius 2 is 1.76 bits per heavy atom. The summed E-state index contributed by atoms with van der Waals surface area (Å²) in [6.07, 6.45) is 2.13. The van der Waals surface area contributed by atoms with E-state index in [1.165, 1.54) is 0 Å². The molecule has 2 aromatic carbocycles. The van der Waals surface area contributed by atoms with E-state index < -0.39 is 0 Å². The zero-order valence-corrected chi connectivity index (χ0v) is 13.5. The molecule has 3 aromatic rings. The Labute approximate surface area is 145 Å². The smallest absolute Gasteiger partial charge is 0.273 e. The lowest BCUT2D eigenvalue weighted by Crippen LogP contribution is -2.22. The average molecular weight is 331 g/mol. The molecule has 6 heteroatoms. The summed E-state index contributed by atoms with van der Waals surface area (Å²) in [7, 11) is 0. The molecule has 0 aliphatic carbocycles. The second-order valence-corrected chi connectivity index (χ2v) is 5.78. The van der Waals surface area contributed by atoms with Gasteiger partial charge in [0.15, 0.2) is 0 Å². The third-order valence-corrected chi connectivity index (χ3v) is 4.13. The lowest BCUT2D eigenvalue weighted by molar-refractivity contribution is -0.110. The number of rotatable bonds is 4. The van der Waals surface area contributed by atoms with Crippen LogP contribution in [0.2, 0.25) is 0 Å². The minimum absolute atomic E-state index is 0.00823. The number of amides is 1. The minimum Gasteiger partial charge on any atom is -0.306 e. The number of para-hydroxylation sites is 1. The van der Waals surface area contributed by atoms with Crippen molar-refractivity contribution in [2.75, 3.05) is 10.3 Å². The zero-order chi connectivity index (χ0) is 17.1. The van der Waals surface area contributed by atoms with E-state index in [9.17, 15) is 4.79 Å². The summed E-state index contributed by atoms with van der Waals surface area (Å²) in [4.78, 5) is 12.6. The molecule has 0 radical (unpaired) electrons. The van der Waals surface area contributed by atoms with E-state index >= 15 is 0 Å². The molecule has 0 spiro atoms. The number of hydrogen-bond donors (Lipinski definition) is 2. The van der Waals surface area contributed by atoms with Gasteiger partial charge in [-0.3, -0.25) is 14.9 Å². The van der Waals surface area contributed by atoms with Gasteiger partial charge in [0.25, 0.3) is 5.91 Å². The standard InChI is InChI=1S/C19H17N5O/c25-19(21-18-11-12-20-22-18)16-13-17(14-7-3-1-4-8-14)24(23-16)15-9-5-2-6-10-15/h1-12,17H,13H2,(H2,20,21,22,25)/t17-/m0/s1. The lowest BCUT2D eigenvalue weighted by Gasteiger charge is -2.23. The number of hydrogen-bond acceptors (Lipinski definition) is 4. The zero-order valence-electron chi connectivity index (χ0n) is 13.5. The molecule has 2 N–H and O–H groups in total. The number of aromatic amines is 1. The van der Waals surface area contributed by atoms with Crippen LogP contribution in [0.4, 0.5) is 11.5 Å². The molecule has 0 saturated carbocycles. The lowest BCUT2D eigenvalue weighted by atomic mass is 10.0. The molecule has 2 heterocycles. The fourth-order valence-electron chi connectivity index (χ4n) is 2.92. The topological polar surface area (TPSA) is 73.4 Å². The van der Waals surface area contributed by atoms with Crippen molar-refractivity contribution in [3.8, 4) is 0 Å². The number of aromatic nitrogens is 2. The van der Waals surface area contributed by atoms with Crippen molar-refractivity contribution < 1.29 is 4.79 Å². The van der Waals surface area contributed by atoms with Gasteiger partial charge >= 0.3 is 0 Å². The first-order valence-corrected chi connectivity index (χ1v) is 8.09. The predicted molar refractivity (Wildman–Crippen MR) is 97.4 cm³/mol. The van der Waals surface area contributed by atoms with E-state index in [0.29, 0.717) is 18.0 Å². The van der Waals surface area contributed by atoms with Gasteiger partial charge in [0, 0.05) is 12.5 Å². The predicted octanol–water partition coefficient (Wildman–Crippen LogP) is 3.36. The molecule has 0 saturated heterocycles. The van der Waals surface area contributed by atoms with Gasteiger partial charge in [-0.2, -0.15) is 10.2 Å². The maximum atomic E-state index is 12.6. The summed E-state index contributed by atoms with van der Waals surface area (Å²) in [6, 6.07) is 21.7. The van der Waals surface area contributed by atoms with E-state index in [2.05, 4.69) is 32.7 Å². The van der Waals surface area contributed by atoms with Crippen LogP contribution in [0.1, 0.15) is 18.0 Å². The first-order valence-electron chi connectivity index (χ1n) is 8.09. The Hall–Kier alpha value is -3.41. The summed E-state index contributed by atoms with van der Waals surface area (Å²) in [5.41, 5.74) is 2.58. The van der Waals surface area contributed by atoms with Crippen molar-refractivity contribution in [1.82, 2.24) is 10.2 Å². The molecule has 1 amide bonds. The Bertz CT molecular complexity index is 875. The first-order chi connectivity index (χ1) is 12.3. The van der Waals surface area contributed by atoms with Gasteiger partial charge < -0.3 is 5.32 Å². The summed E-state index contributed by atoms with van der Waals surface area (Å²) < 4.78 is 0. The SMILES string of the molecule is O=C(Nc1ccn[nH]1)C1=NN(c2ccccc2)[C@H](c2ccccc2)C1. The Morgan fingerprint density at radius 1 is 1.04 bits per heavy atom. The Morgan fingerprint density at radius 3 is 2.44 bits per heavy atom. The molecule has 1 atom stereocenters. The molecule has 6 nitrogen and oxygen atoms in total. The molecular weight excluding hydrogens is 314 g/mol. The molecule has 0 bridgehead atoms. The highest BCUT2D eigenvalue weighted by Gasteiger charge is 2.32. The van der Waals surface area contributed by atoms with Gasteiger partial charge in [0.2, 0.25) is 0 Å². The van der Waals surface area contributed by atoms with Crippen LogP contribution in [-0.4, -0.2) is 21.8 Å². The van der Waals surface area contributed by atoms with Gasteiger partial charge in [-0.15, -0.1) is 0 Å².